The lowest BCUT2D eigenvalue weighted by Gasteiger charge is -2.24. The highest BCUT2D eigenvalue weighted by Gasteiger charge is 2.54. The summed E-state index contributed by atoms with van der Waals surface area (Å²) in [5, 5.41) is 4.06. The predicted octanol–water partition coefficient (Wildman–Crippen LogP) is 4.05. The first kappa shape index (κ1) is 19.5. The summed E-state index contributed by atoms with van der Waals surface area (Å²) in [4.78, 5) is 16.1. The zero-order valence-corrected chi connectivity index (χ0v) is 14.8. The minimum atomic E-state index is -4.45. The maximum absolute atomic E-state index is 14.1. The molecule has 0 saturated carbocycles. The predicted molar refractivity (Wildman–Crippen MR) is 86.8 cm³/mol. The highest BCUT2D eigenvalue weighted by molar-refractivity contribution is 6.01. The molecule has 1 saturated heterocycles. The fraction of sp³-hybridized carbons (Fsp3) is 0.588. The number of alkyl halides is 4. The van der Waals surface area contributed by atoms with E-state index in [2.05, 4.69) is 10.1 Å². The molecule has 1 unspecified atom stereocenters. The van der Waals surface area contributed by atoms with Crippen LogP contribution in [-0.2, 0) is 15.4 Å². The molecular weight excluding hydrogens is 370 g/mol. The van der Waals surface area contributed by atoms with E-state index in [9.17, 15) is 22.4 Å². The summed E-state index contributed by atoms with van der Waals surface area (Å²) in [6.45, 7) is 2.24. The summed E-state index contributed by atoms with van der Waals surface area (Å²) in [6.07, 6.45) is 2.49. The molecule has 3 heterocycles. The van der Waals surface area contributed by atoms with Crippen LogP contribution < -0.4 is 0 Å². The van der Waals surface area contributed by atoms with Crippen LogP contribution in [0.25, 0.3) is 11.0 Å². The normalized spacial score (nSPS) is 18.7. The Bertz CT molecular complexity index is 842. The third-order valence-corrected chi connectivity index (χ3v) is 4.36. The van der Waals surface area contributed by atoms with Crippen LogP contribution in [0.15, 0.2) is 12.3 Å². The monoisotopic (exact) mass is 389 g/mol. The first-order valence-electron chi connectivity index (χ1n) is 8.60. The van der Waals surface area contributed by atoms with Crippen LogP contribution in [-0.4, -0.2) is 39.9 Å². The second-order valence-corrected chi connectivity index (χ2v) is 6.39. The number of hydrogen-bond donors (Lipinski definition) is 0. The van der Waals surface area contributed by atoms with Crippen LogP contribution in [0.2, 0.25) is 0 Å². The van der Waals surface area contributed by atoms with Crippen molar-refractivity contribution in [2.24, 2.45) is 0 Å². The highest BCUT2D eigenvalue weighted by atomic mass is 19.3. The van der Waals surface area contributed by atoms with E-state index in [0.717, 1.165) is 18.9 Å². The molecule has 2 aromatic rings. The molecule has 0 aliphatic carbocycles. The minimum Gasteiger partial charge on any atom is -0.461 e. The summed E-state index contributed by atoms with van der Waals surface area (Å²) >= 11 is 0. The van der Waals surface area contributed by atoms with Crippen molar-refractivity contribution in [2.45, 2.75) is 51.2 Å². The standard InChI is InChI=1S/C17H19F4N3O3/c1-3-26-15(25)13-11-8-10(17(20,21)16(2,18)19)9-22-14(11)24(23-13)12-6-4-5-7-27-12/h8-9,12H,3-7H2,1-2H3. The number of hydrogen-bond acceptors (Lipinski definition) is 5. The first-order chi connectivity index (χ1) is 12.7. The van der Waals surface area contributed by atoms with E-state index in [1.54, 1.807) is 6.92 Å². The Labute approximate surface area is 152 Å². The van der Waals surface area contributed by atoms with E-state index in [1.165, 1.54) is 4.68 Å². The number of ether oxygens (including phenoxy) is 2. The third kappa shape index (κ3) is 3.50. The van der Waals surface area contributed by atoms with E-state index < -0.39 is 29.6 Å². The number of fused-ring (bicyclic) bond motifs is 1. The van der Waals surface area contributed by atoms with Crippen molar-refractivity contribution in [1.29, 1.82) is 0 Å². The van der Waals surface area contributed by atoms with Crippen molar-refractivity contribution in [1.82, 2.24) is 14.8 Å². The van der Waals surface area contributed by atoms with Crippen LogP contribution in [0.5, 0.6) is 0 Å². The van der Waals surface area contributed by atoms with Gasteiger partial charge < -0.3 is 9.47 Å². The molecule has 2 aromatic heterocycles. The molecular formula is C17H19F4N3O3. The van der Waals surface area contributed by atoms with Gasteiger partial charge in [-0.05, 0) is 32.3 Å². The molecule has 148 valence electrons. The van der Waals surface area contributed by atoms with Crippen LogP contribution >= 0.6 is 0 Å². The van der Waals surface area contributed by atoms with Gasteiger partial charge >= 0.3 is 17.8 Å². The van der Waals surface area contributed by atoms with Gasteiger partial charge in [-0.1, -0.05) is 0 Å². The van der Waals surface area contributed by atoms with Crippen molar-refractivity contribution in [3.05, 3.63) is 23.5 Å². The molecule has 1 atom stereocenters. The van der Waals surface area contributed by atoms with Crippen LogP contribution in [0, 0.1) is 0 Å². The van der Waals surface area contributed by atoms with Gasteiger partial charge in [-0.25, -0.2) is 14.5 Å². The third-order valence-electron chi connectivity index (χ3n) is 4.36. The zero-order chi connectivity index (χ0) is 19.8. The number of carbonyl (C=O) groups excluding carboxylic acids is 1. The number of pyridine rings is 1. The van der Waals surface area contributed by atoms with Crippen LogP contribution in [0.3, 0.4) is 0 Å². The minimum absolute atomic E-state index is 0.0451. The molecule has 0 spiro atoms. The second-order valence-electron chi connectivity index (χ2n) is 6.39. The number of esters is 1. The summed E-state index contributed by atoms with van der Waals surface area (Å²) < 4.78 is 66.7. The molecule has 0 amide bonds. The maximum Gasteiger partial charge on any atom is 0.359 e. The quantitative estimate of drug-likeness (QED) is 0.570. The number of carbonyl (C=O) groups is 1. The average molecular weight is 389 g/mol. The number of aromatic nitrogens is 3. The van der Waals surface area contributed by atoms with E-state index in [-0.39, 0.29) is 30.3 Å². The summed E-state index contributed by atoms with van der Waals surface area (Å²) in [6, 6.07) is 0.818. The zero-order valence-electron chi connectivity index (χ0n) is 14.8. The lowest BCUT2D eigenvalue weighted by atomic mass is 10.0. The van der Waals surface area contributed by atoms with Gasteiger partial charge in [0.05, 0.1) is 12.0 Å². The van der Waals surface area contributed by atoms with E-state index >= 15 is 0 Å². The smallest absolute Gasteiger partial charge is 0.359 e. The Balaban J connectivity index is 2.15. The molecule has 0 bridgehead atoms. The molecule has 0 radical (unpaired) electrons. The van der Waals surface area contributed by atoms with Crippen molar-refractivity contribution >= 4 is 17.0 Å². The maximum atomic E-state index is 14.1. The largest absolute Gasteiger partial charge is 0.461 e. The molecule has 1 aliphatic heterocycles. The van der Waals surface area contributed by atoms with Crippen molar-refractivity contribution in [3.8, 4) is 0 Å². The Hall–Kier alpha value is -2.23. The fourth-order valence-corrected chi connectivity index (χ4v) is 2.92. The van der Waals surface area contributed by atoms with Gasteiger partial charge in [-0.15, -0.1) is 0 Å². The van der Waals surface area contributed by atoms with Gasteiger partial charge in [0.15, 0.2) is 17.6 Å². The Morgan fingerprint density at radius 3 is 2.70 bits per heavy atom. The Kier molecular flexibility index (Phi) is 5.11. The van der Waals surface area contributed by atoms with E-state index in [1.807, 2.05) is 0 Å². The number of nitrogens with zero attached hydrogens (tertiary/aromatic N) is 3. The Morgan fingerprint density at radius 1 is 1.37 bits per heavy atom. The summed E-state index contributed by atoms with van der Waals surface area (Å²) in [7, 11) is 0. The van der Waals surface area contributed by atoms with Crippen LogP contribution in [0.1, 0.15) is 55.4 Å². The van der Waals surface area contributed by atoms with E-state index in [0.29, 0.717) is 19.2 Å². The molecule has 27 heavy (non-hydrogen) atoms. The second kappa shape index (κ2) is 7.06. The van der Waals surface area contributed by atoms with Crippen molar-refractivity contribution < 1.29 is 31.8 Å². The highest BCUT2D eigenvalue weighted by Crippen LogP contribution is 2.43. The van der Waals surface area contributed by atoms with Gasteiger partial charge in [-0.3, -0.25) is 0 Å². The molecule has 1 aliphatic rings. The lowest BCUT2D eigenvalue weighted by molar-refractivity contribution is -0.204. The SMILES string of the molecule is CCOC(=O)c1nn(C2CCCCO2)c2ncc(C(F)(F)C(C)(F)F)cc12. The Morgan fingerprint density at radius 2 is 2.11 bits per heavy atom. The summed E-state index contributed by atoms with van der Waals surface area (Å²) in [5.74, 6) is -9.60. The first-order valence-corrected chi connectivity index (χ1v) is 8.60. The van der Waals surface area contributed by atoms with Crippen molar-refractivity contribution in [3.63, 3.8) is 0 Å². The molecule has 0 aromatic carbocycles. The molecule has 1 fully saturated rings. The van der Waals surface area contributed by atoms with Gasteiger partial charge in [0, 0.05) is 25.3 Å². The number of rotatable bonds is 5. The molecule has 10 heteroatoms. The average Bonchev–Trinajstić information content (AvgIpc) is 3.00. The lowest BCUT2D eigenvalue weighted by Crippen LogP contribution is -2.35. The van der Waals surface area contributed by atoms with Crippen molar-refractivity contribution in [2.75, 3.05) is 13.2 Å². The van der Waals surface area contributed by atoms with Crippen LogP contribution in [0.4, 0.5) is 17.6 Å². The van der Waals surface area contributed by atoms with Gasteiger partial charge in [0.1, 0.15) is 0 Å². The topological polar surface area (TPSA) is 66.2 Å². The van der Waals surface area contributed by atoms with Gasteiger partial charge in [0.2, 0.25) is 0 Å². The summed E-state index contributed by atoms with van der Waals surface area (Å²) in [5.41, 5.74) is -1.16. The molecule has 0 N–H and O–H groups in total. The van der Waals surface area contributed by atoms with E-state index in [4.69, 9.17) is 9.47 Å². The van der Waals surface area contributed by atoms with Gasteiger partial charge in [-0.2, -0.15) is 22.7 Å². The molecule has 6 nitrogen and oxygen atoms in total. The molecule has 3 rings (SSSR count). The van der Waals surface area contributed by atoms with Gasteiger partial charge in [0.25, 0.3) is 0 Å². The number of halogens is 4. The fourth-order valence-electron chi connectivity index (χ4n) is 2.92.